The molecule has 0 atom stereocenters. The summed E-state index contributed by atoms with van der Waals surface area (Å²) in [6, 6.07) is 6.16. The van der Waals surface area contributed by atoms with Crippen LogP contribution in [0.25, 0.3) is 0 Å². The van der Waals surface area contributed by atoms with Gasteiger partial charge < -0.3 is 18.9 Å². The van der Waals surface area contributed by atoms with Crippen LogP contribution in [0.2, 0.25) is 0 Å². The molecule has 3 rings (SSSR count). The number of halogens is 1. The first kappa shape index (κ1) is 15.6. The van der Waals surface area contributed by atoms with Gasteiger partial charge in [-0.1, -0.05) is 24.3 Å². The molecule has 0 amide bonds. The van der Waals surface area contributed by atoms with E-state index in [0.717, 1.165) is 5.56 Å². The molecular formula is C17H21FO4. The van der Waals surface area contributed by atoms with E-state index in [1.807, 2.05) is 13.0 Å². The van der Waals surface area contributed by atoms with Gasteiger partial charge in [0.25, 0.3) is 0 Å². The van der Waals surface area contributed by atoms with Crippen molar-refractivity contribution in [3.05, 3.63) is 47.8 Å². The molecular weight excluding hydrogens is 287 g/mol. The lowest BCUT2D eigenvalue weighted by molar-refractivity contribution is -0.280. The third kappa shape index (κ3) is 3.73. The standard InChI is InChI=1S/C17H21FO4/c1-2-3-12-8-19-17(20-9-12)14-10-21-16(22-11-14)13-4-6-15(18)7-5-13/h2-7,12,14,16-17H,8-11H2,1H3/b3-2+. The smallest absolute Gasteiger partial charge is 0.183 e. The topological polar surface area (TPSA) is 36.9 Å². The largest absolute Gasteiger partial charge is 0.351 e. The monoisotopic (exact) mass is 308 g/mol. The number of benzene rings is 1. The van der Waals surface area contributed by atoms with Gasteiger partial charge >= 0.3 is 0 Å². The van der Waals surface area contributed by atoms with Gasteiger partial charge in [0.2, 0.25) is 0 Å². The van der Waals surface area contributed by atoms with Gasteiger partial charge in [-0.15, -0.1) is 0 Å². The first-order chi connectivity index (χ1) is 10.8. The highest BCUT2D eigenvalue weighted by molar-refractivity contribution is 5.17. The molecule has 22 heavy (non-hydrogen) atoms. The molecule has 2 aliphatic rings. The van der Waals surface area contributed by atoms with Crippen LogP contribution in [0, 0.1) is 17.7 Å². The lowest BCUT2D eigenvalue weighted by Gasteiger charge is -2.37. The van der Waals surface area contributed by atoms with Crippen molar-refractivity contribution < 1.29 is 23.3 Å². The fraction of sp³-hybridized carbons (Fsp3) is 0.529. The van der Waals surface area contributed by atoms with Gasteiger partial charge in [-0.3, -0.25) is 0 Å². The molecule has 0 bridgehead atoms. The molecule has 0 aromatic heterocycles. The van der Waals surface area contributed by atoms with Gasteiger partial charge in [0.05, 0.1) is 32.3 Å². The molecule has 2 saturated heterocycles. The molecule has 120 valence electrons. The number of hydrogen-bond acceptors (Lipinski definition) is 4. The van der Waals surface area contributed by atoms with Crippen LogP contribution in [0.4, 0.5) is 4.39 Å². The molecule has 0 aliphatic carbocycles. The molecule has 0 saturated carbocycles. The first-order valence-corrected chi connectivity index (χ1v) is 7.61. The van der Waals surface area contributed by atoms with Gasteiger partial charge in [-0.2, -0.15) is 0 Å². The van der Waals surface area contributed by atoms with Crippen molar-refractivity contribution in [3.63, 3.8) is 0 Å². The summed E-state index contributed by atoms with van der Waals surface area (Å²) < 4.78 is 35.9. The molecule has 0 spiro atoms. The normalized spacial score (nSPS) is 33.2. The highest BCUT2D eigenvalue weighted by Gasteiger charge is 2.33. The molecule has 0 N–H and O–H groups in total. The zero-order chi connectivity index (χ0) is 15.4. The van der Waals surface area contributed by atoms with Crippen LogP contribution in [0.15, 0.2) is 36.4 Å². The van der Waals surface area contributed by atoms with Crippen LogP contribution in [0.1, 0.15) is 18.8 Å². The Morgan fingerprint density at radius 2 is 1.59 bits per heavy atom. The number of ether oxygens (including phenoxy) is 4. The predicted molar refractivity (Wildman–Crippen MR) is 78.5 cm³/mol. The average Bonchev–Trinajstić information content (AvgIpc) is 2.57. The predicted octanol–water partition coefficient (Wildman–Crippen LogP) is 3.05. The second kappa shape index (κ2) is 7.33. The number of hydrogen-bond donors (Lipinski definition) is 0. The second-order valence-corrected chi connectivity index (χ2v) is 5.63. The summed E-state index contributed by atoms with van der Waals surface area (Å²) in [5, 5.41) is 0. The quantitative estimate of drug-likeness (QED) is 0.804. The van der Waals surface area contributed by atoms with E-state index in [4.69, 9.17) is 18.9 Å². The maximum atomic E-state index is 12.9. The molecule has 2 aliphatic heterocycles. The minimum absolute atomic E-state index is 0.0586. The Hall–Kier alpha value is -1.27. The molecule has 1 aromatic rings. The van der Waals surface area contributed by atoms with E-state index in [-0.39, 0.29) is 18.0 Å². The Balaban J connectivity index is 1.49. The zero-order valence-corrected chi connectivity index (χ0v) is 12.6. The SMILES string of the molecule is C/C=C/C1COC(C2COC(c3ccc(F)cc3)OC2)OC1. The van der Waals surface area contributed by atoms with Crippen LogP contribution in [-0.2, 0) is 18.9 Å². The molecule has 4 nitrogen and oxygen atoms in total. The van der Waals surface area contributed by atoms with Gasteiger partial charge in [-0.25, -0.2) is 4.39 Å². The number of rotatable bonds is 3. The van der Waals surface area contributed by atoms with Gasteiger partial charge in [0, 0.05) is 11.5 Å². The fourth-order valence-electron chi connectivity index (χ4n) is 2.68. The van der Waals surface area contributed by atoms with Crippen LogP contribution in [0.3, 0.4) is 0 Å². The molecule has 0 radical (unpaired) electrons. The highest BCUT2D eigenvalue weighted by atomic mass is 19.1. The summed E-state index contributed by atoms with van der Waals surface area (Å²) in [5.74, 6) is 0.110. The summed E-state index contributed by atoms with van der Waals surface area (Å²) in [4.78, 5) is 0. The minimum Gasteiger partial charge on any atom is -0.351 e. The lowest BCUT2D eigenvalue weighted by Crippen LogP contribution is -2.42. The van der Waals surface area contributed by atoms with E-state index < -0.39 is 6.29 Å². The maximum Gasteiger partial charge on any atom is 0.183 e. The third-order valence-corrected chi connectivity index (χ3v) is 3.86. The first-order valence-electron chi connectivity index (χ1n) is 7.61. The van der Waals surface area contributed by atoms with Crippen LogP contribution >= 0.6 is 0 Å². The Morgan fingerprint density at radius 3 is 2.18 bits per heavy atom. The zero-order valence-electron chi connectivity index (χ0n) is 12.6. The van der Waals surface area contributed by atoms with Gasteiger partial charge in [0.15, 0.2) is 12.6 Å². The Bertz CT molecular complexity index is 486. The van der Waals surface area contributed by atoms with Crippen molar-refractivity contribution in [2.45, 2.75) is 19.5 Å². The van der Waals surface area contributed by atoms with Crippen molar-refractivity contribution in [2.24, 2.45) is 11.8 Å². The lowest BCUT2D eigenvalue weighted by atomic mass is 10.1. The molecule has 1 aromatic carbocycles. The summed E-state index contributed by atoms with van der Waals surface area (Å²) >= 11 is 0. The molecule has 5 heteroatoms. The molecule has 2 heterocycles. The second-order valence-electron chi connectivity index (χ2n) is 5.63. The Labute approximate surface area is 129 Å². The van der Waals surface area contributed by atoms with Crippen LogP contribution in [-0.4, -0.2) is 32.7 Å². The van der Waals surface area contributed by atoms with E-state index in [1.54, 1.807) is 12.1 Å². The van der Waals surface area contributed by atoms with Crippen molar-refractivity contribution in [3.8, 4) is 0 Å². The minimum atomic E-state index is -0.448. The maximum absolute atomic E-state index is 12.9. The van der Waals surface area contributed by atoms with Gasteiger partial charge in [0.1, 0.15) is 5.82 Å². The van der Waals surface area contributed by atoms with Crippen LogP contribution in [0.5, 0.6) is 0 Å². The van der Waals surface area contributed by atoms with Crippen molar-refractivity contribution in [1.29, 1.82) is 0 Å². The van der Waals surface area contributed by atoms with Crippen molar-refractivity contribution >= 4 is 0 Å². The highest BCUT2D eigenvalue weighted by Crippen LogP contribution is 2.29. The van der Waals surface area contributed by atoms with E-state index in [1.165, 1.54) is 12.1 Å². The number of allylic oxidation sites excluding steroid dienone is 1. The summed E-state index contributed by atoms with van der Waals surface area (Å²) in [6.45, 7) is 4.31. The third-order valence-electron chi connectivity index (χ3n) is 3.86. The summed E-state index contributed by atoms with van der Waals surface area (Å²) in [5.41, 5.74) is 0.818. The summed E-state index contributed by atoms with van der Waals surface area (Å²) in [7, 11) is 0. The van der Waals surface area contributed by atoms with E-state index in [9.17, 15) is 4.39 Å². The van der Waals surface area contributed by atoms with E-state index >= 15 is 0 Å². The molecule has 2 fully saturated rings. The summed E-state index contributed by atoms with van der Waals surface area (Å²) in [6.07, 6.45) is 3.37. The van der Waals surface area contributed by atoms with E-state index in [0.29, 0.717) is 32.3 Å². The van der Waals surface area contributed by atoms with Gasteiger partial charge in [-0.05, 0) is 19.1 Å². The van der Waals surface area contributed by atoms with Crippen molar-refractivity contribution in [2.75, 3.05) is 26.4 Å². The Morgan fingerprint density at radius 1 is 0.955 bits per heavy atom. The molecule has 0 unspecified atom stereocenters. The van der Waals surface area contributed by atoms with Crippen LogP contribution < -0.4 is 0 Å². The van der Waals surface area contributed by atoms with Crippen molar-refractivity contribution in [1.82, 2.24) is 0 Å². The average molecular weight is 308 g/mol. The van der Waals surface area contributed by atoms with E-state index in [2.05, 4.69) is 6.08 Å². The Kier molecular flexibility index (Phi) is 5.20. The fourth-order valence-corrected chi connectivity index (χ4v) is 2.68.